The molecule has 0 aliphatic carbocycles. The van der Waals surface area contributed by atoms with Crippen LogP contribution in [0.15, 0.2) is 57.9 Å². The molecule has 0 aliphatic rings. The van der Waals surface area contributed by atoms with Crippen LogP contribution in [0.1, 0.15) is 40.6 Å². The molecule has 1 N–H and O–H groups in total. The van der Waals surface area contributed by atoms with Crippen molar-refractivity contribution in [3.8, 4) is 0 Å². The van der Waals surface area contributed by atoms with Crippen molar-refractivity contribution >= 4 is 29.3 Å². The van der Waals surface area contributed by atoms with Gasteiger partial charge in [0.2, 0.25) is 5.89 Å². The molecule has 0 spiro atoms. The zero-order chi connectivity index (χ0) is 18.5. The summed E-state index contributed by atoms with van der Waals surface area (Å²) in [6.07, 6.45) is 0. The van der Waals surface area contributed by atoms with Gasteiger partial charge in [-0.1, -0.05) is 41.0 Å². The Labute approximate surface area is 161 Å². The van der Waals surface area contributed by atoms with Gasteiger partial charge in [-0.2, -0.15) is 4.98 Å². The van der Waals surface area contributed by atoms with E-state index in [1.54, 1.807) is 13.0 Å². The van der Waals surface area contributed by atoms with Crippen molar-refractivity contribution in [2.75, 3.05) is 0 Å². The number of aryl methyl sites for hydroxylation is 1. The highest BCUT2D eigenvalue weighted by molar-refractivity contribution is 7.98. The first-order valence-corrected chi connectivity index (χ1v) is 9.46. The molecule has 0 saturated carbocycles. The number of carbonyl (C=O) groups is 1. The number of aromatic nitrogens is 2. The first-order valence-electron chi connectivity index (χ1n) is 8.10. The summed E-state index contributed by atoms with van der Waals surface area (Å²) in [6.45, 7) is 3.71. The Hall–Kier alpha value is -2.31. The predicted octanol–water partition coefficient (Wildman–Crippen LogP) is 4.81. The maximum Gasteiger partial charge on any atom is 0.252 e. The molecule has 5 nitrogen and oxygen atoms in total. The van der Waals surface area contributed by atoms with Crippen molar-refractivity contribution in [1.29, 1.82) is 0 Å². The molecular formula is C19H18ClN3O2S. The van der Waals surface area contributed by atoms with Crippen molar-refractivity contribution in [2.45, 2.75) is 30.5 Å². The molecule has 0 saturated heterocycles. The van der Waals surface area contributed by atoms with E-state index in [0.717, 1.165) is 10.5 Å². The fourth-order valence-electron chi connectivity index (χ4n) is 2.45. The molecule has 7 heteroatoms. The van der Waals surface area contributed by atoms with E-state index in [9.17, 15) is 4.79 Å². The minimum atomic E-state index is -0.155. The van der Waals surface area contributed by atoms with Gasteiger partial charge in [0.05, 0.1) is 17.4 Å². The highest BCUT2D eigenvalue weighted by Gasteiger charge is 2.16. The minimum absolute atomic E-state index is 0.137. The van der Waals surface area contributed by atoms with E-state index >= 15 is 0 Å². The molecule has 3 rings (SSSR count). The normalized spacial score (nSPS) is 12.0. The van der Waals surface area contributed by atoms with Crippen LogP contribution >= 0.6 is 23.4 Å². The second-order valence-electron chi connectivity index (χ2n) is 5.77. The van der Waals surface area contributed by atoms with Crippen molar-refractivity contribution in [1.82, 2.24) is 15.5 Å². The van der Waals surface area contributed by atoms with E-state index in [4.69, 9.17) is 16.1 Å². The van der Waals surface area contributed by atoms with Gasteiger partial charge in [-0.25, -0.2) is 0 Å². The number of rotatable bonds is 6. The predicted molar refractivity (Wildman–Crippen MR) is 102 cm³/mol. The summed E-state index contributed by atoms with van der Waals surface area (Å²) in [5, 5.41) is 7.44. The highest BCUT2D eigenvalue weighted by Crippen LogP contribution is 2.26. The monoisotopic (exact) mass is 387 g/mol. The van der Waals surface area contributed by atoms with Crippen molar-refractivity contribution in [2.24, 2.45) is 0 Å². The summed E-state index contributed by atoms with van der Waals surface area (Å²) < 4.78 is 5.12. The van der Waals surface area contributed by atoms with Crippen LogP contribution < -0.4 is 5.32 Å². The summed E-state index contributed by atoms with van der Waals surface area (Å²) in [5.74, 6) is 1.51. The van der Waals surface area contributed by atoms with E-state index in [1.807, 2.05) is 49.4 Å². The molecule has 134 valence electrons. The van der Waals surface area contributed by atoms with E-state index < -0.39 is 0 Å². The molecule has 3 aromatic rings. The molecule has 1 heterocycles. The Morgan fingerprint density at radius 2 is 2.08 bits per heavy atom. The fourth-order valence-corrected chi connectivity index (χ4v) is 3.54. The number of nitrogens with one attached hydrogen (secondary N) is 1. The summed E-state index contributed by atoms with van der Waals surface area (Å²) in [5.41, 5.74) is 1.57. The molecule has 2 aromatic carbocycles. The number of thioether (sulfide) groups is 1. The second-order valence-corrected chi connectivity index (χ2v) is 7.22. The third-order valence-electron chi connectivity index (χ3n) is 3.75. The fraction of sp³-hybridized carbons (Fsp3) is 0.211. The van der Waals surface area contributed by atoms with Gasteiger partial charge in [0.25, 0.3) is 5.91 Å². The maximum absolute atomic E-state index is 12.7. The highest BCUT2D eigenvalue weighted by atomic mass is 35.5. The second kappa shape index (κ2) is 8.38. The van der Waals surface area contributed by atoms with E-state index in [2.05, 4.69) is 15.5 Å². The van der Waals surface area contributed by atoms with Crippen LogP contribution in [-0.2, 0) is 5.75 Å². The molecule has 1 atom stereocenters. The van der Waals surface area contributed by atoms with Crippen LogP contribution in [0.5, 0.6) is 0 Å². The van der Waals surface area contributed by atoms with E-state index in [0.29, 0.717) is 28.1 Å². The average Bonchev–Trinajstić information content (AvgIpc) is 3.05. The summed E-state index contributed by atoms with van der Waals surface area (Å²) >= 11 is 7.52. The van der Waals surface area contributed by atoms with Gasteiger partial charge in [0.15, 0.2) is 5.82 Å². The number of carbonyl (C=O) groups excluding carboxylic acids is 1. The standard InChI is InChI=1S/C19H18ClN3O2S/c1-12(14-6-5-7-15(20)10-14)21-19(24)16-8-3-4-9-17(16)26-11-18-22-13(2)23-25-18/h3-10,12H,11H2,1-2H3,(H,21,24). The van der Waals surface area contributed by atoms with Gasteiger partial charge in [0.1, 0.15) is 0 Å². The van der Waals surface area contributed by atoms with E-state index in [1.165, 1.54) is 11.8 Å². The van der Waals surface area contributed by atoms with Crippen molar-refractivity contribution in [3.63, 3.8) is 0 Å². The molecule has 26 heavy (non-hydrogen) atoms. The molecule has 1 amide bonds. The molecule has 0 bridgehead atoms. The zero-order valence-electron chi connectivity index (χ0n) is 14.4. The van der Waals surface area contributed by atoms with Crippen LogP contribution in [0.4, 0.5) is 0 Å². The maximum atomic E-state index is 12.7. The average molecular weight is 388 g/mol. The topological polar surface area (TPSA) is 68.0 Å². The van der Waals surface area contributed by atoms with Gasteiger partial charge in [0, 0.05) is 9.92 Å². The lowest BCUT2D eigenvalue weighted by molar-refractivity contribution is 0.0937. The number of hydrogen-bond donors (Lipinski definition) is 1. The Morgan fingerprint density at radius 1 is 1.27 bits per heavy atom. The number of hydrogen-bond acceptors (Lipinski definition) is 5. The van der Waals surface area contributed by atoms with Gasteiger partial charge in [-0.15, -0.1) is 11.8 Å². The number of amides is 1. The summed E-state index contributed by atoms with van der Waals surface area (Å²) in [6, 6.07) is 14.8. The van der Waals surface area contributed by atoms with Crippen molar-refractivity contribution < 1.29 is 9.32 Å². The van der Waals surface area contributed by atoms with Gasteiger partial charge in [-0.05, 0) is 43.7 Å². The van der Waals surface area contributed by atoms with Crippen LogP contribution in [0.3, 0.4) is 0 Å². The molecule has 1 aromatic heterocycles. The molecule has 0 radical (unpaired) electrons. The summed E-state index contributed by atoms with van der Waals surface area (Å²) in [4.78, 5) is 17.8. The summed E-state index contributed by atoms with van der Waals surface area (Å²) in [7, 11) is 0. The largest absolute Gasteiger partial charge is 0.345 e. The third-order valence-corrected chi connectivity index (χ3v) is 5.04. The van der Waals surface area contributed by atoms with Gasteiger partial charge < -0.3 is 9.84 Å². The Kier molecular flexibility index (Phi) is 5.96. The first kappa shape index (κ1) is 18.5. The van der Waals surface area contributed by atoms with Crippen LogP contribution in [0, 0.1) is 6.92 Å². The SMILES string of the molecule is Cc1noc(CSc2ccccc2C(=O)NC(C)c2cccc(Cl)c2)n1. The lowest BCUT2D eigenvalue weighted by atomic mass is 10.1. The lowest BCUT2D eigenvalue weighted by Crippen LogP contribution is -2.27. The quantitative estimate of drug-likeness (QED) is 0.614. The van der Waals surface area contributed by atoms with Crippen LogP contribution in [0.25, 0.3) is 0 Å². The Bertz CT molecular complexity index is 913. The van der Waals surface area contributed by atoms with Crippen LogP contribution in [0.2, 0.25) is 5.02 Å². The van der Waals surface area contributed by atoms with Gasteiger partial charge in [-0.3, -0.25) is 4.79 Å². The molecule has 1 unspecified atom stereocenters. The molecular weight excluding hydrogens is 370 g/mol. The van der Waals surface area contributed by atoms with Crippen molar-refractivity contribution in [3.05, 3.63) is 76.4 Å². The van der Waals surface area contributed by atoms with E-state index in [-0.39, 0.29) is 11.9 Å². The Morgan fingerprint density at radius 3 is 2.81 bits per heavy atom. The third kappa shape index (κ3) is 4.65. The minimum Gasteiger partial charge on any atom is -0.345 e. The number of benzene rings is 2. The zero-order valence-corrected chi connectivity index (χ0v) is 16.0. The number of nitrogens with zero attached hydrogens (tertiary/aromatic N) is 2. The van der Waals surface area contributed by atoms with Gasteiger partial charge >= 0.3 is 0 Å². The molecule has 0 aliphatic heterocycles. The first-order chi connectivity index (χ1) is 12.5. The Balaban J connectivity index is 1.71. The molecule has 0 fully saturated rings. The number of halogens is 1. The van der Waals surface area contributed by atoms with Crippen LogP contribution in [-0.4, -0.2) is 16.0 Å². The smallest absolute Gasteiger partial charge is 0.252 e. The lowest BCUT2D eigenvalue weighted by Gasteiger charge is -2.16.